The number of benzene rings is 1. The van der Waals surface area contributed by atoms with Crippen molar-refractivity contribution < 1.29 is 14.7 Å². The monoisotopic (exact) mass is 221 g/mol. The number of carbonyl (C=O) groups is 1. The van der Waals surface area contributed by atoms with Crippen molar-refractivity contribution in [2.45, 2.75) is 19.8 Å². The Morgan fingerprint density at radius 1 is 1.38 bits per heavy atom. The summed E-state index contributed by atoms with van der Waals surface area (Å²) in [5.41, 5.74) is 1.75. The summed E-state index contributed by atoms with van der Waals surface area (Å²) in [7, 11) is 0. The summed E-state index contributed by atoms with van der Waals surface area (Å²) in [4.78, 5) is 15.0. The summed E-state index contributed by atoms with van der Waals surface area (Å²) < 4.78 is 0. The van der Waals surface area contributed by atoms with E-state index in [1.54, 1.807) is 0 Å². The minimum atomic E-state index is -1.02. The molecule has 0 unspecified atom stereocenters. The third-order valence-corrected chi connectivity index (χ3v) is 1.96. The van der Waals surface area contributed by atoms with Crippen LogP contribution < -0.4 is 0 Å². The summed E-state index contributed by atoms with van der Waals surface area (Å²) in [6.07, 6.45) is 1.70. The molecular formula is C12H15NO3. The van der Waals surface area contributed by atoms with Crippen LogP contribution in [-0.2, 0) is 9.63 Å². The Kier molecular flexibility index (Phi) is 5.05. The van der Waals surface area contributed by atoms with Crippen molar-refractivity contribution in [2.24, 2.45) is 5.16 Å². The molecule has 0 heterocycles. The SMILES string of the molecule is CCCC(=NOCC(=O)O)c1ccccc1. The van der Waals surface area contributed by atoms with Crippen molar-refractivity contribution in [1.82, 2.24) is 0 Å². The second kappa shape index (κ2) is 6.61. The molecule has 0 radical (unpaired) electrons. The molecule has 1 aromatic carbocycles. The fraction of sp³-hybridized carbons (Fsp3) is 0.333. The third kappa shape index (κ3) is 4.13. The molecule has 0 aliphatic heterocycles. The van der Waals surface area contributed by atoms with Gasteiger partial charge < -0.3 is 9.94 Å². The van der Waals surface area contributed by atoms with Crippen molar-refractivity contribution in [3.05, 3.63) is 35.9 Å². The molecule has 0 fully saturated rings. The van der Waals surface area contributed by atoms with Crippen LogP contribution in [0.4, 0.5) is 0 Å². The van der Waals surface area contributed by atoms with Crippen LogP contribution in [0.1, 0.15) is 25.3 Å². The van der Waals surface area contributed by atoms with E-state index < -0.39 is 12.6 Å². The Labute approximate surface area is 94.5 Å². The highest BCUT2D eigenvalue weighted by molar-refractivity contribution is 6.00. The summed E-state index contributed by atoms with van der Waals surface area (Å²) in [5.74, 6) is -1.02. The van der Waals surface area contributed by atoms with Crippen LogP contribution >= 0.6 is 0 Å². The zero-order valence-corrected chi connectivity index (χ0v) is 9.22. The number of carboxylic acids is 1. The second-order valence-electron chi connectivity index (χ2n) is 3.32. The Hall–Kier alpha value is -1.84. The maximum absolute atomic E-state index is 10.3. The molecule has 0 spiro atoms. The van der Waals surface area contributed by atoms with E-state index in [0.29, 0.717) is 0 Å². The van der Waals surface area contributed by atoms with Gasteiger partial charge in [0.25, 0.3) is 0 Å². The lowest BCUT2D eigenvalue weighted by molar-refractivity contribution is -0.142. The Balaban J connectivity index is 2.71. The number of hydrogen-bond acceptors (Lipinski definition) is 3. The van der Waals surface area contributed by atoms with Crippen LogP contribution in [0.5, 0.6) is 0 Å². The summed E-state index contributed by atoms with van der Waals surface area (Å²) in [6, 6.07) is 9.61. The molecule has 0 amide bonds. The quantitative estimate of drug-likeness (QED) is 0.592. The molecule has 16 heavy (non-hydrogen) atoms. The normalized spacial score (nSPS) is 11.2. The standard InChI is InChI=1S/C12H15NO3/c1-2-6-11(13-16-9-12(14)15)10-7-4-3-5-8-10/h3-5,7-8H,2,6,9H2,1H3,(H,14,15). The third-order valence-electron chi connectivity index (χ3n) is 1.96. The zero-order valence-electron chi connectivity index (χ0n) is 9.22. The van der Waals surface area contributed by atoms with Gasteiger partial charge in [0.2, 0.25) is 6.61 Å². The lowest BCUT2D eigenvalue weighted by atomic mass is 10.1. The van der Waals surface area contributed by atoms with Crippen molar-refractivity contribution >= 4 is 11.7 Å². The van der Waals surface area contributed by atoms with E-state index in [9.17, 15) is 4.79 Å². The smallest absolute Gasteiger partial charge is 0.344 e. The van der Waals surface area contributed by atoms with E-state index in [-0.39, 0.29) is 0 Å². The molecule has 4 nitrogen and oxygen atoms in total. The maximum atomic E-state index is 10.3. The predicted molar refractivity (Wildman–Crippen MR) is 61.5 cm³/mol. The first-order valence-electron chi connectivity index (χ1n) is 5.20. The van der Waals surface area contributed by atoms with Crippen molar-refractivity contribution in [3.63, 3.8) is 0 Å². The molecule has 1 rings (SSSR count). The van der Waals surface area contributed by atoms with Gasteiger partial charge in [-0.2, -0.15) is 0 Å². The molecule has 0 saturated carbocycles. The molecular weight excluding hydrogens is 206 g/mol. The number of rotatable bonds is 6. The van der Waals surface area contributed by atoms with Crippen LogP contribution in [0.2, 0.25) is 0 Å². The van der Waals surface area contributed by atoms with Gasteiger partial charge in [0.1, 0.15) is 0 Å². The lowest BCUT2D eigenvalue weighted by Crippen LogP contribution is -2.07. The largest absolute Gasteiger partial charge is 0.479 e. The number of aliphatic carboxylic acids is 1. The second-order valence-corrected chi connectivity index (χ2v) is 3.32. The summed E-state index contributed by atoms with van der Waals surface area (Å²) in [6.45, 7) is 1.63. The zero-order chi connectivity index (χ0) is 11.8. The van der Waals surface area contributed by atoms with E-state index >= 15 is 0 Å². The fourth-order valence-corrected chi connectivity index (χ4v) is 1.28. The number of nitrogens with zero attached hydrogens (tertiary/aromatic N) is 1. The minimum absolute atomic E-state index is 0.403. The van der Waals surface area contributed by atoms with Gasteiger partial charge in [-0.25, -0.2) is 4.79 Å². The fourth-order valence-electron chi connectivity index (χ4n) is 1.28. The van der Waals surface area contributed by atoms with Gasteiger partial charge >= 0.3 is 5.97 Å². The van der Waals surface area contributed by atoms with E-state index in [0.717, 1.165) is 24.1 Å². The molecule has 0 aromatic heterocycles. The lowest BCUT2D eigenvalue weighted by Gasteiger charge is -2.04. The molecule has 0 bridgehead atoms. The van der Waals surface area contributed by atoms with E-state index in [4.69, 9.17) is 9.94 Å². The van der Waals surface area contributed by atoms with Crippen LogP contribution in [0.3, 0.4) is 0 Å². The molecule has 0 atom stereocenters. The topological polar surface area (TPSA) is 58.9 Å². The molecule has 1 aromatic rings. The number of hydrogen-bond donors (Lipinski definition) is 1. The first-order valence-corrected chi connectivity index (χ1v) is 5.20. The van der Waals surface area contributed by atoms with Gasteiger partial charge in [-0.05, 0) is 12.0 Å². The van der Waals surface area contributed by atoms with E-state index in [1.165, 1.54) is 0 Å². The Morgan fingerprint density at radius 3 is 2.62 bits per heavy atom. The first-order chi connectivity index (χ1) is 7.74. The molecule has 1 N–H and O–H groups in total. The van der Waals surface area contributed by atoms with Gasteiger partial charge in [0, 0.05) is 0 Å². The molecule has 4 heteroatoms. The van der Waals surface area contributed by atoms with Crippen LogP contribution in [0, 0.1) is 0 Å². The predicted octanol–water partition coefficient (Wildman–Crippen LogP) is 2.29. The highest BCUT2D eigenvalue weighted by atomic mass is 16.6. The van der Waals surface area contributed by atoms with E-state index in [1.807, 2.05) is 37.3 Å². The maximum Gasteiger partial charge on any atom is 0.344 e. The average Bonchev–Trinajstić information content (AvgIpc) is 2.29. The Morgan fingerprint density at radius 2 is 2.06 bits per heavy atom. The van der Waals surface area contributed by atoms with Crippen molar-refractivity contribution in [3.8, 4) is 0 Å². The van der Waals surface area contributed by atoms with Crippen molar-refractivity contribution in [1.29, 1.82) is 0 Å². The van der Waals surface area contributed by atoms with Crippen LogP contribution in [0.25, 0.3) is 0 Å². The molecule has 0 aliphatic carbocycles. The average molecular weight is 221 g/mol. The molecule has 0 saturated heterocycles. The highest BCUT2D eigenvalue weighted by Crippen LogP contribution is 2.06. The van der Waals surface area contributed by atoms with Crippen LogP contribution in [-0.4, -0.2) is 23.4 Å². The van der Waals surface area contributed by atoms with Gasteiger partial charge in [-0.15, -0.1) is 0 Å². The van der Waals surface area contributed by atoms with Crippen molar-refractivity contribution in [2.75, 3.05) is 6.61 Å². The highest BCUT2D eigenvalue weighted by Gasteiger charge is 2.03. The first kappa shape index (κ1) is 12.2. The van der Waals surface area contributed by atoms with Crippen LogP contribution in [0.15, 0.2) is 35.5 Å². The summed E-state index contributed by atoms with van der Waals surface area (Å²) >= 11 is 0. The Bertz CT molecular complexity index is 360. The van der Waals surface area contributed by atoms with Gasteiger partial charge in [-0.3, -0.25) is 0 Å². The molecule has 0 aliphatic rings. The van der Waals surface area contributed by atoms with Gasteiger partial charge in [0.15, 0.2) is 0 Å². The molecule has 86 valence electrons. The number of carboxylic acid groups (broad SMARTS) is 1. The van der Waals surface area contributed by atoms with E-state index in [2.05, 4.69) is 5.16 Å². The number of oxime groups is 1. The summed E-state index contributed by atoms with van der Waals surface area (Å²) in [5, 5.41) is 12.3. The van der Waals surface area contributed by atoms with Gasteiger partial charge in [-0.1, -0.05) is 48.8 Å². The minimum Gasteiger partial charge on any atom is -0.479 e. The van der Waals surface area contributed by atoms with Gasteiger partial charge in [0.05, 0.1) is 5.71 Å².